The van der Waals surface area contributed by atoms with E-state index in [1.54, 1.807) is 26.0 Å². The summed E-state index contributed by atoms with van der Waals surface area (Å²) < 4.78 is 17.3. The number of hydrogen-bond acceptors (Lipinski definition) is 5. The summed E-state index contributed by atoms with van der Waals surface area (Å²) >= 11 is 0. The summed E-state index contributed by atoms with van der Waals surface area (Å²) in [7, 11) is 0. The molecule has 0 fully saturated rings. The molecule has 2 atom stereocenters. The van der Waals surface area contributed by atoms with Crippen molar-refractivity contribution < 1.29 is 18.7 Å². The molecule has 0 bridgehead atoms. The van der Waals surface area contributed by atoms with Gasteiger partial charge in [0.15, 0.2) is 0 Å². The molecule has 0 saturated carbocycles. The average Bonchev–Trinajstić information content (AvgIpc) is 3.28. The highest BCUT2D eigenvalue weighted by Gasteiger charge is 2.40. The molecule has 0 unspecified atom stereocenters. The van der Waals surface area contributed by atoms with Crippen molar-refractivity contribution in [2.24, 2.45) is 0 Å². The summed E-state index contributed by atoms with van der Waals surface area (Å²) in [4.78, 5) is 12.2. The lowest BCUT2D eigenvalue weighted by molar-refractivity contribution is 0.0524. The summed E-state index contributed by atoms with van der Waals surface area (Å²) in [6, 6.07) is 19.1. The molecular weight excluding hydrogens is 354 g/mol. The van der Waals surface area contributed by atoms with Crippen molar-refractivity contribution in [3.8, 4) is 11.8 Å². The number of carbonyl (C=O) groups excluding carboxylic acids is 1. The van der Waals surface area contributed by atoms with Crippen LogP contribution >= 0.6 is 0 Å². The van der Waals surface area contributed by atoms with Gasteiger partial charge in [-0.2, -0.15) is 5.26 Å². The van der Waals surface area contributed by atoms with Crippen molar-refractivity contribution in [1.29, 1.82) is 5.26 Å². The molecule has 28 heavy (non-hydrogen) atoms. The van der Waals surface area contributed by atoms with Gasteiger partial charge in [0.05, 0.1) is 24.2 Å². The minimum atomic E-state index is -0.422. The van der Waals surface area contributed by atoms with Gasteiger partial charge in [0.2, 0.25) is 0 Å². The topological polar surface area (TPSA) is 72.5 Å². The van der Waals surface area contributed by atoms with Crippen molar-refractivity contribution in [3.63, 3.8) is 0 Å². The molecule has 3 aromatic rings. The third kappa shape index (κ3) is 2.93. The van der Waals surface area contributed by atoms with Gasteiger partial charge in [-0.1, -0.05) is 36.4 Å². The molecule has 1 aliphatic rings. The summed E-state index contributed by atoms with van der Waals surface area (Å²) in [5.74, 6) is 1.19. The van der Waals surface area contributed by atoms with Crippen LogP contribution in [0.25, 0.3) is 0 Å². The highest BCUT2D eigenvalue weighted by atomic mass is 16.5. The third-order valence-electron chi connectivity index (χ3n) is 4.94. The molecule has 140 valence electrons. The van der Waals surface area contributed by atoms with Crippen LogP contribution in [0.2, 0.25) is 0 Å². The lowest BCUT2D eigenvalue weighted by Crippen LogP contribution is -2.12. The SMILES string of the molecule is CCOC(=O)c1cc([C@H]2c3ccccc3O[C@H]2c2ccccc2C#N)oc1C. The van der Waals surface area contributed by atoms with Gasteiger partial charge in [0.1, 0.15) is 28.9 Å². The number of ether oxygens (including phenoxy) is 2. The molecule has 4 rings (SSSR count). The first-order chi connectivity index (χ1) is 13.6. The number of rotatable bonds is 4. The zero-order valence-electron chi connectivity index (χ0n) is 15.6. The Morgan fingerprint density at radius 1 is 1.14 bits per heavy atom. The van der Waals surface area contributed by atoms with Crippen LogP contribution in [-0.2, 0) is 4.74 Å². The van der Waals surface area contributed by atoms with Crippen molar-refractivity contribution in [2.75, 3.05) is 6.61 Å². The van der Waals surface area contributed by atoms with Gasteiger partial charge in [-0.3, -0.25) is 0 Å². The van der Waals surface area contributed by atoms with Crippen molar-refractivity contribution in [3.05, 3.63) is 88.4 Å². The summed E-state index contributed by atoms with van der Waals surface area (Å²) in [6.07, 6.45) is -0.422. The zero-order valence-corrected chi connectivity index (χ0v) is 15.6. The molecule has 0 aliphatic carbocycles. The van der Waals surface area contributed by atoms with Crippen LogP contribution < -0.4 is 4.74 Å². The first-order valence-electron chi connectivity index (χ1n) is 9.16. The molecule has 2 heterocycles. The van der Waals surface area contributed by atoms with Crippen molar-refractivity contribution in [2.45, 2.75) is 25.9 Å². The molecule has 5 heteroatoms. The number of esters is 1. The maximum absolute atomic E-state index is 12.2. The number of nitriles is 1. The molecule has 2 aromatic carbocycles. The largest absolute Gasteiger partial charge is 0.484 e. The summed E-state index contributed by atoms with van der Waals surface area (Å²) in [6.45, 7) is 3.81. The van der Waals surface area contributed by atoms with E-state index in [0.717, 1.165) is 16.9 Å². The quantitative estimate of drug-likeness (QED) is 0.608. The van der Waals surface area contributed by atoms with Crippen LogP contribution in [0.1, 0.15) is 57.5 Å². The first kappa shape index (κ1) is 17.9. The predicted molar refractivity (Wildman–Crippen MR) is 102 cm³/mol. The Morgan fingerprint density at radius 3 is 2.61 bits per heavy atom. The van der Waals surface area contributed by atoms with E-state index < -0.39 is 12.1 Å². The van der Waals surface area contributed by atoms with Crippen LogP contribution in [-0.4, -0.2) is 12.6 Å². The average molecular weight is 373 g/mol. The normalized spacial score (nSPS) is 17.5. The fourth-order valence-electron chi connectivity index (χ4n) is 3.68. The van der Waals surface area contributed by atoms with E-state index in [9.17, 15) is 10.1 Å². The second kappa shape index (κ2) is 7.24. The summed E-state index contributed by atoms with van der Waals surface area (Å²) in [5.41, 5.74) is 2.72. The van der Waals surface area contributed by atoms with Gasteiger partial charge >= 0.3 is 5.97 Å². The van der Waals surface area contributed by atoms with Crippen LogP contribution in [0, 0.1) is 18.3 Å². The van der Waals surface area contributed by atoms with Crippen LogP contribution in [0.5, 0.6) is 5.75 Å². The van der Waals surface area contributed by atoms with Crippen LogP contribution in [0.4, 0.5) is 0 Å². The number of furan rings is 1. The molecule has 5 nitrogen and oxygen atoms in total. The Bertz CT molecular complexity index is 1080. The Morgan fingerprint density at radius 2 is 1.86 bits per heavy atom. The van der Waals surface area contributed by atoms with Gasteiger partial charge in [-0.25, -0.2) is 4.79 Å². The van der Waals surface area contributed by atoms with Gasteiger partial charge in [-0.15, -0.1) is 0 Å². The Kier molecular flexibility index (Phi) is 4.62. The molecule has 1 aliphatic heterocycles. The monoisotopic (exact) mass is 373 g/mol. The molecular formula is C23H19NO4. The number of hydrogen-bond donors (Lipinski definition) is 0. The van der Waals surface area contributed by atoms with E-state index in [2.05, 4.69) is 6.07 Å². The van der Waals surface area contributed by atoms with E-state index in [4.69, 9.17) is 13.9 Å². The van der Waals surface area contributed by atoms with E-state index in [1.807, 2.05) is 42.5 Å². The first-order valence-corrected chi connectivity index (χ1v) is 9.16. The molecule has 0 N–H and O–H groups in total. The fraction of sp³-hybridized carbons (Fsp3) is 0.217. The highest BCUT2D eigenvalue weighted by molar-refractivity contribution is 5.90. The number of nitrogens with zero attached hydrogens (tertiary/aromatic N) is 1. The molecule has 1 aromatic heterocycles. The van der Waals surface area contributed by atoms with Crippen molar-refractivity contribution >= 4 is 5.97 Å². The standard InChI is InChI=1S/C23H19NO4/c1-3-26-23(25)18-12-20(27-14(18)2)21-17-10-6-7-11-19(17)28-22(21)16-9-5-4-8-15(16)13-24/h4-12,21-22H,3H2,1-2H3/t21-,22+/m1/s1. The maximum Gasteiger partial charge on any atom is 0.341 e. The minimum absolute atomic E-state index is 0.271. The molecule has 0 saturated heterocycles. The van der Waals surface area contributed by atoms with Gasteiger partial charge in [0, 0.05) is 11.1 Å². The Hall–Kier alpha value is -3.52. The number of fused-ring (bicyclic) bond motifs is 1. The second-order valence-electron chi connectivity index (χ2n) is 6.59. The fourth-order valence-corrected chi connectivity index (χ4v) is 3.68. The van der Waals surface area contributed by atoms with E-state index in [0.29, 0.717) is 29.3 Å². The zero-order chi connectivity index (χ0) is 19.7. The second-order valence-corrected chi connectivity index (χ2v) is 6.59. The lowest BCUT2D eigenvalue weighted by Gasteiger charge is -2.19. The van der Waals surface area contributed by atoms with E-state index >= 15 is 0 Å². The van der Waals surface area contributed by atoms with E-state index in [1.165, 1.54) is 0 Å². The predicted octanol–water partition coefficient (Wildman–Crippen LogP) is 4.90. The number of benzene rings is 2. The van der Waals surface area contributed by atoms with Gasteiger partial charge in [-0.05, 0) is 32.0 Å². The van der Waals surface area contributed by atoms with Crippen molar-refractivity contribution in [1.82, 2.24) is 0 Å². The highest BCUT2D eigenvalue weighted by Crippen LogP contribution is 2.50. The number of carbonyl (C=O) groups is 1. The van der Waals surface area contributed by atoms with Gasteiger partial charge < -0.3 is 13.9 Å². The number of aryl methyl sites for hydroxylation is 1. The molecule has 0 amide bonds. The Balaban J connectivity index is 1.83. The van der Waals surface area contributed by atoms with E-state index in [-0.39, 0.29) is 5.92 Å². The Labute approximate surface area is 163 Å². The maximum atomic E-state index is 12.2. The molecule has 0 radical (unpaired) electrons. The van der Waals surface area contributed by atoms with Crippen LogP contribution in [0.3, 0.4) is 0 Å². The lowest BCUT2D eigenvalue weighted by atomic mass is 9.87. The van der Waals surface area contributed by atoms with Crippen LogP contribution in [0.15, 0.2) is 59.0 Å². The third-order valence-corrected chi connectivity index (χ3v) is 4.94. The summed E-state index contributed by atoms with van der Waals surface area (Å²) in [5, 5.41) is 9.54. The molecule has 0 spiro atoms. The smallest absolute Gasteiger partial charge is 0.341 e. The van der Waals surface area contributed by atoms with Gasteiger partial charge in [0.25, 0.3) is 0 Å². The minimum Gasteiger partial charge on any atom is -0.484 e. The number of para-hydroxylation sites is 1.